The predicted octanol–water partition coefficient (Wildman–Crippen LogP) is 1.88. The van der Waals surface area contributed by atoms with E-state index >= 15 is 0 Å². The van der Waals surface area contributed by atoms with Gasteiger partial charge in [0.1, 0.15) is 0 Å². The first-order valence-corrected chi connectivity index (χ1v) is 13.7. The number of benzene rings is 3. The first kappa shape index (κ1) is 24.1. The van der Waals surface area contributed by atoms with Crippen molar-refractivity contribution in [3.05, 3.63) is 91.0 Å². The summed E-state index contributed by atoms with van der Waals surface area (Å²) in [6.45, 7) is 2.44. The van der Waals surface area contributed by atoms with E-state index in [-0.39, 0.29) is 0 Å². The molecule has 0 aliphatic rings. The Morgan fingerprint density at radius 3 is 1.00 bits per heavy atom. The zero-order chi connectivity index (χ0) is 22.3. The maximum atomic E-state index is 9.51. The van der Waals surface area contributed by atoms with Crippen molar-refractivity contribution < 1.29 is 34.6 Å². The van der Waals surface area contributed by atoms with E-state index in [1.54, 1.807) is 0 Å². The van der Waals surface area contributed by atoms with Crippen molar-refractivity contribution in [1.82, 2.24) is 0 Å². The van der Waals surface area contributed by atoms with Crippen molar-refractivity contribution in [2.45, 2.75) is 0 Å². The summed E-state index contributed by atoms with van der Waals surface area (Å²) < 4.78 is 58.9. The van der Waals surface area contributed by atoms with E-state index < -0.39 is 28.1 Å². The quantitative estimate of drug-likeness (QED) is 0.241. The molecule has 0 atom stereocenters. The first-order valence-electron chi connectivity index (χ1n) is 8.51. The summed E-state index contributed by atoms with van der Waals surface area (Å²) in [5.41, 5.74) is 0. The van der Waals surface area contributed by atoms with Crippen molar-refractivity contribution in [1.29, 1.82) is 0 Å². The van der Waals surface area contributed by atoms with Gasteiger partial charge < -0.3 is 0 Å². The Morgan fingerprint density at radius 1 is 0.567 bits per heavy atom. The molecule has 0 saturated heterocycles. The van der Waals surface area contributed by atoms with E-state index in [2.05, 4.69) is 106 Å². The third kappa shape index (κ3) is 7.26. The second kappa shape index (κ2) is 10.2. The summed E-state index contributed by atoms with van der Waals surface area (Å²) in [7, 11) is -11.9. The van der Waals surface area contributed by atoms with Crippen molar-refractivity contribution >= 4 is 44.0 Å². The van der Waals surface area contributed by atoms with Gasteiger partial charge in [-0.2, -0.15) is 16.8 Å². The maximum Gasteiger partial charge on any atom is 0.425 e. The second-order valence-corrected chi connectivity index (χ2v) is 12.2. The van der Waals surface area contributed by atoms with Crippen molar-refractivity contribution in [2.75, 3.05) is 6.66 Å². The molecule has 0 aliphatic heterocycles. The third-order valence-corrected chi connectivity index (χ3v) is 9.28. The van der Waals surface area contributed by atoms with Gasteiger partial charge in [0, 0.05) is 0 Å². The normalized spacial score (nSPS) is 12.5. The molecular formula is C19H21O8PS2. The van der Waals surface area contributed by atoms with Crippen LogP contribution in [0.25, 0.3) is 0 Å². The predicted molar refractivity (Wildman–Crippen MR) is 118 cm³/mol. The molecule has 3 aromatic carbocycles. The molecule has 0 unspecified atom stereocenters. The third-order valence-electron chi connectivity index (χ3n) is 4.25. The van der Waals surface area contributed by atoms with Gasteiger partial charge >= 0.3 is 142 Å². The fourth-order valence-electron chi connectivity index (χ4n) is 2.88. The fraction of sp³-hybridized carbons (Fsp3) is 0.0526. The molecule has 0 aromatic heterocycles. The van der Waals surface area contributed by atoms with Crippen molar-refractivity contribution in [2.24, 2.45) is 0 Å². The Morgan fingerprint density at radius 2 is 0.800 bits per heavy atom. The van der Waals surface area contributed by atoms with Crippen LogP contribution in [0.15, 0.2) is 91.0 Å². The zero-order valence-electron chi connectivity index (χ0n) is 15.8. The Kier molecular flexibility index (Phi) is 8.22. The van der Waals surface area contributed by atoms with E-state index in [0.29, 0.717) is 0 Å². The van der Waals surface area contributed by atoms with Crippen LogP contribution in [-0.4, -0.2) is 32.6 Å². The standard InChI is InChI=1S/C19H19P.H2O8S2/c1-20(17-11-5-2-6-12-17,18-13-7-3-8-14-18)19-15-9-4-10-16-19;1-9(2,3)7-8-10(4,5)6/h2-16,20H,1H3;(H,1,2,3)(H,4,5,6). The summed E-state index contributed by atoms with van der Waals surface area (Å²) >= 11 is 0. The fourth-order valence-corrected chi connectivity index (χ4v) is 7.02. The average Bonchev–Trinajstić information content (AvgIpc) is 2.73. The molecule has 11 heteroatoms. The van der Waals surface area contributed by atoms with Gasteiger partial charge in [0.05, 0.1) is 0 Å². The molecule has 0 aliphatic carbocycles. The van der Waals surface area contributed by atoms with Crippen LogP contribution in [0, 0.1) is 0 Å². The van der Waals surface area contributed by atoms with Crippen LogP contribution >= 0.6 is 7.26 Å². The zero-order valence-corrected chi connectivity index (χ0v) is 18.5. The molecule has 162 valence electrons. The molecule has 0 heterocycles. The number of hydrogen-bond donors (Lipinski definition) is 2. The van der Waals surface area contributed by atoms with Crippen LogP contribution in [0.2, 0.25) is 0 Å². The Bertz CT molecular complexity index is 1010. The van der Waals surface area contributed by atoms with Crippen LogP contribution < -0.4 is 15.9 Å². The largest absolute Gasteiger partial charge is 0.425 e. The summed E-state index contributed by atoms with van der Waals surface area (Å²) in [4.78, 5) is 0. The van der Waals surface area contributed by atoms with Crippen LogP contribution in [-0.2, 0) is 29.5 Å². The van der Waals surface area contributed by atoms with Crippen LogP contribution in [0.3, 0.4) is 0 Å². The Labute approximate surface area is 176 Å². The molecule has 0 bridgehead atoms. The van der Waals surface area contributed by atoms with E-state index in [1.165, 1.54) is 15.9 Å². The Balaban J connectivity index is 0.000000274. The molecule has 0 amide bonds. The number of hydrogen-bond acceptors (Lipinski definition) is 6. The molecule has 0 spiro atoms. The molecule has 0 saturated carbocycles. The summed E-state index contributed by atoms with van der Waals surface area (Å²) in [6, 6.07) is 32.8. The molecule has 8 nitrogen and oxygen atoms in total. The molecule has 30 heavy (non-hydrogen) atoms. The second-order valence-electron chi connectivity index (χ2n) is 6.21. The van der Waals surface area contributed by atoms with Gasteiger partial charge in [-0.25, -0.2) is 0 Å². The molecule has 3 rings (SSSR count). The van der Waals surface area contributed by atoms with Crippen LogP contribution in [0.5, 0.6) is 0 Å². The van der Waals surface area contributed by atoms with E-state index in [9.17, 15) is 16.8 Å². The van der Waals surface area contributed by atoms with Crippen molar-refractivity contribution in [3.63, 3.8) is 0 Å². The van der Waals surface area contributed by atoms with Gasteiger partial charge in [0.25, 0.3) is 0 Å². The average molecular weight is 472 g/mol. The SMILES string of the molecule is C[PH](c1ccccc1)(c1ccccc1)c1ccccc1.O=S(=O)(O)OOS(=O)(=O)O. The molecular weight excluding hydrogens is 451 g/mol. The topological polar surface area (TPSA) is 127 Å². The minimum absolute atomic E-state index is 1.46. The minimum Gasteiger partial charge on any atom is -0.262 e. The molecule has 0 fully saturated rings. The smallest absolute Gasteiger partial charge is 0.262 e. The van der Waals surface area contributed by atoms with Crippen LogP contribution in [0.1, 0.15) is 0 Å². The summed E-state index contributed by atoms with van der Waals surface area (Å²) in [5, 5.41) is 4.37. The Hall–Kier alpha value is -2.17. The minimum atomic E-state index is -5.02. The van der Waals surface area contributed by atoms with E-state index in [0.717, 1.165) is 0 Å². The first-order chi connectivity index (χ1) is 14.0. The summed E-state index contributed by atoms with van der Waals surface area (Å²) in [5.74, 6) is 0. The van der Waals surface area contributed by atoms with Gasteiger partial charge in [-0.3, -0.25) is 9.11 Å². The maximum absolute atomic E-state index is 9.51. The van der Waals surface area contributed by atoms with E-state index in [4.69, 9.17) is 9.11 Å². The number of rotatable bonds is 6. The monoisotopic (exact) mass is 472 g/mol. The molecule has 2 N–H and O–H groups in total. The van der Waals surface area contributed by atoms with Gasteiger partial charge in [-0.1, -0.05) is 8.67 Å². The van der Waals surface area contributed by atoms with Gasteiger partial charge in [0.2, 0.25) is 0 Å². The molecule has 3 aromatic rings. The van der Waals surface area contributed by atoms with Crippen LogP contribution in [0.4, 0.5) is 0 Å². The van der Waals surface area contributed by atoms with E-state index in [1.807, 2.05) is 0 Å². The summed E-state index contributed by atoms with van der Waals surface area (Å²) in [6.07, 6.45) is 0. The van der Waals surface area contributed by atoms with Crippen molar-refractivity contribution in [3.8, 4) is 0 Å². The van der Waals surface area contributed by atoms with Gasteiger partial charge in [-0.05, 0) is 0 Å². The van der Waals surface area contributed by atoms with Gasteiger partial charge in [-0.15, -0.1) is 0 Å². The van der Waals surface area contributed by atoms with Gasteiger partial charge in [0.15, 0.2) is 0 Å². The molecule has 0 radical (unpaired) electrons.